The predicted molar refractivity (Wildman–Crippen MR) is 65.0 cm³/mol. The van der Waals surface area contributed by atoms with Gasteiger partial charge in [-0.3, -0.25) is 14.5 Å². The largest absolute Gasteiger partial charge is 0.480 e. The molecule has 0 aromatic carbocycles. The Kier molecular flexibility index (Phi) is 6.83. The number of thiol groups is 1. The van der Waals surface area contributed by atoms with Crippen LogP contribution in [-0.4, -0.2) is 50.8 Å². The molecule has 0 radical (unpaired) electrons. The number of carboxylic acids is 1. The van der Waals surface area contributed by atoms with Gasteiger partial charge in [0.15, 0.2) is 6.10 Å². The molecule has 2 unspecified atom stereocenters. The smallest absolute Gasteiger partial charge is 0.327 e. The first-order valence-electron chi connectivity index (χ1n) is 5.24. The van der Waals surface area contributed by atoms with Crippen LogP contribution < -0.4 is 0 Å². The van der Waals surface area contributed by atoms with Gasteiger partial charge in [-0.15, -0.1) is 10.1 Å². The number of hydrogen-bond acceptors (Lipinski definition) is 7. The average molecular weight is 294 g/mol. The van der Waals surface area contributed by atoms with E-state index in [1.54, 1.807) is 0 Å². The molecule has 0 aliphatic rings. The van der Waals surface area contributed by atoms with Crippen LogP contribution in [-0.2, 0) is 19.2 Å². The van der Waals surface area contributed by atoms with Crippen molar-refractivity contribution in [2.75, 3.05) is 5.75 Å². The van der Waals surface area contributed by atoms with Crippen molar-refractivity contribution in [2.24, 2.45) is 0 Å². The van der Waals surface area contributed by atoms with E-state index in [0.29, 0.717) is 4.90 Å². The number of hydrogen-bond donors (Lipinski definition) is 2. The molecule has 0 aromatic rings. The molecular weight excluding hydrogens is 280 g/mol. The fourth-order valence-electron chi connectivity index (χ4n) is 1.35. The Morgan fingerprint density at radius 2 is 2.00 bits per heavy atom. The summed E-state index contributed by atoms with van der Waals surface area (Å²) < 4.78 is 0. The highest BCUT2D eigenvalue weighted by atomic mass is 32.1. The molecule has 0 fully saturated rings. The Morgan fingerprint density at radius 1 is 1.47 bits per heavy atom. The van der Waals surface area contributed by atoms with Crippen molar-refractivity contribution in [3.63, 3.8) is 0 Å². The van der Waals surface area contributed by atoms with E-state index in [1.165, 1.54) is 6.92 Å². The van der Waals surface area contributed by atoms with E-state index in [2.05, 4.69) is 17.5 Å². The van der Waals surface area contributed by atoms with Crippen molar-refractivity contribution in [3.8, 4) is 0 Å². The van der Waals surface area contributed by atoms with Crippen LogP contribution in [0.3, 0.4) is 0 Å². The van der Waals surface area contributed by atoms with Gasteiger partial charge in [-0.05, 0) is 6.42 Å². The molecule has 2 atom stereocenters. The maximum Gasteiger partial charge on any atom is 0.327 e. The van der Waals surface area contributed by atoms with Crippen LogP contribution in [0, 0.1) is 10.1 Å². The Morgan fingerprint density at radius 3 is 2.26 bits per heavy atom. The van der Waals surface area contributed by atoms with E-state index in [1.807, 2.05) is 0 Å². The van der Waals surface area contributed by atoms with Crippen LogP contribution in [0.25, 0.3) is 0 Å². The molecule has 9 nitrogen and oxygen atoms in total. The van der Waals surface area contributed by atoms with Gasteiger partial charge in [0.05, 0.1) is 0 Å². The molecule has 0 rings (SSSR count). The Hall–Kier alpha value is -1.84. The van der Waals surface area contributed by atoms with Gasteiger partial charge >= 0.3 is 5.97 Å². The van der Waals surface area contributed by atoms with Crippen LogP contribution in [0.2, 0.25) is 0 Å². The molecule has 0 heterocycles. The molecule has 10 heteroatoms. The summed E-state index contributed by atoms with van der Waals surface area (Å²) in [5.74, 6) is -3.67. The molecule has 0 saturated carbocycles. The third-order valence-corrected chi connectivity index (χ3v) is 2.55. The number of rotatable bonds is 7. The maximum absolute atomic E-state index is 11.9. The molecule has 1 N–H and O–H groups in total. The molecular formula is C9H14N2O7S. The van der Waals surface area contributed by atoms with Crippen molar-refractivity contribution in [2.45, 2.75) is 32.4 Å². The first-order valence-corrected chi connectivity index (χ1v) is 5.87. The highest BCUT2D eigenvalue weighted by molar-refractivity contribution is 7.80. The highest BCUT2D eigenvalue weighted by Crippen LogP contribution is 2.11. The van der Waals surface area contributed by atoms with Gasteiger partial charge in [0.25, 0.3) is 11.0 Å². The lowest BCUT2D eigenvalue weighted by Gasteiger charge is -2.27. The second kappa shape index (κ2) is 7.56. The van der Waals surface area contributed by atoms with Crippen molar-refractivity contribution in [1.82, 2.24) is 4.90 Å². The molecule has 0 saturated heterocycles. The molecule has 19 heavy (non-hydrogen) atoms. The summed E-state index contributed by atoms with van der Waals surface area (Å²) in [7, 11) is 0. The number of carbonyl (C=O) groups is 3. The number of imide groups is 1. The van der Waals surface area contributed by atoms with Gasteiger partial charge in [0, 0.05) is 12.7 Å². The van der Waals surface area contributed by atoms with Crippen LogP contribution in [0.5, 0.6) is 0 Å². The summed E-state index contributed by atoms with van der Waals surface area (Å²) in [4.78, 5) is 49.0. The zero-order valence-electron chi connectivity index (χ0n) is 10.3. The SMILES string of the molecule is CCC(O[N+](=O)[O-])C(=O)N(C(C)=O)C(CS)C(=O)O. The predicted octanol–water partition coefficient (Wildman–Crippen LogP) is -0.269. The number of aliphatic carboxylic acids is 1. The molecule has 0 aromatic heterocycles. The minimum atomic E-state index is -1.53. The van der Waals surface area contributed by atoms with Gasteiger partial charge in [-0.2, -0.15) is 12.6 Å². The maximum atomic E-state index is 11.9. The lowest BCUT2D eigenvalue weighted by atomic mass is 10.2. The van der Waals surface area contributed by atoms with E-state index in [-0.39, 0.29) is 12.2 Å². The van der Waals surface area contributed by atoms with Crippen molar-refractivity contribution in [3.05, 3.63) is 10.1 Å². The first kappa shape index (κ1) is 17.2. The van der Waals surface area contributed by atoms with Gasteiger partial charge in [0.1, 0.15) is 6.04 Å². The summed E-state index contributed by atoms with van der Waals surface area (Å²) in [6.07, 6.45) is -1.61. The van der Waals surface area contributed by atoms with Crippen LogP contribution in [0.1, 0.15) is 20.3 Å². The summed E-state index contributed by atoms with van der Waals surface area (Å²) >= 11 is 3.75. The Balaban J connectivity index is 5.27. The van der Waals surface area contributed by atoms with Crippen LogP contribution in [0.15, 0.2) is 0 Å². The van der Waals surface area contributed by atoms with E-state index in [9.17, 15) is 24.5 Å². The number of nitrogens with zero attached hydrogens (tertiary/aromatic N) is 2. The molecule has 0 spiro atoms. The monoisotopic (exact) mass is 294 g/mol. The number of carbonyl (C=O) groups excluding carboxylic acids is 2. The molecule has 108 valence electrons. The standard InChI is InChI=1S/C9H14N2O7S/c1-3-7(18-11(16)17)8(13)10(5(2)12)6(4-19)9(14)15/h6-7,19H,3-4H2,1-2H3,(H,14,15). The van der Waals surface area contributed by atoms with E-state index in [0.717, 1.165) is 6.92 Å². The fourth-order valence-corrected chi connectivity index (χ4v) is 1.67. The second-order valence-electron chi connectivity index (χ2n) is 3.49. The van der Waals surface area contributed by atoms with Gasteiger partial charge in [0.2, 0.25) is 5.91 Å². The van der Waals surface area contributed by atoms with Crippen LogP contribution >= 0.6 is 12.6 Å². The third-order valence-electron chi connectivity index (χ3n) is 2.21. The number of amides is 2. The lowest BCUT2D eigenvalue weighted by molar-refractivity contribution is -0.764. The van der Waals surface area contributed by atoms with Gasteiger partial charge in [-0.1, -0.05) is 6.92 Å². The summed E-state index contributed by atoms with van der Waals surface area (Å²) in [6, 6.07) is -1.50. The van der Waals surface area contributed by atoms with Crippen molar-refractivity contribution in [1.29, 1.82) is 0 Å². The zero-order chi connectivity index (χ0) is 15.2. The molecule has 0 aliphatic heterocycles. The molecule has 0 bridgehead atoms. The van der Waals surface area contributed by atoms with Gasteiger partial charge in [-0.25, -0.2) is 4.79 Å². The lowest BCUT2D eigenvalue weighted by Crippen LogP contribution is -2.53. The van der Waals surface area contributed by atoms with E-state index < -0.39 is 35.0 Å². The van der Waals surface area contributed by atoms with E-state index in [4.69, 9.17) is 5.11 Å². The fraction of sp³-hybridized carbons (Fsp3) is 0.667. The third kappa shape index (κ3) is 4.73. The average Bonchev–Trinajstić information content (AvgIpc) is 2.30. The van der Waals surface area contributed by atoms with Gasteiger partial charge < -0.3 is 9.94 Å². The summed E-state index contributed by atoms with van der Waals surface area (Å²) in [5.41, 5.74) is 0. The first-order chi connectivity index (χ1) is 8.76. The zero-order valence-corrected chi connectivity index (χ0v) is 11.2. The summed E-state index contributed by atoms with van der Waals surface area (Å²) in [5, 5.41) is 18.0. The second-order valence-corrected chi connectivity index (χ2v) is 3.85. The van der Waals surface area contributed by atoms with E-state index >= 15 is 0 Å². The Labute approximate surface area is 114 Å². The molecule has 0 aliphatic carbocycles. The van der Waals surface area contributed by atoms with Crippen molar-refractivity contribution < 1.29 is 29.4 Å². The highest BCUT2D eigenvalue weighted by Gasteiger charge is 2.36. The quantitative estimate of drug-likeness (QED) is 0.376. The normalized spacial score (nSPS) is 13.2. The minimum absolute atomic E-state index is 0.0808. The number of carboxylic acid groups (broad SMARTS) is 1. The minimum Gasteiger partial charge on any atom is -0.480 e. The van der Waals surface area contributed by atoms with Crippen LogP contribution in [0.4, 0.5) is 0 Å². The summed E-state index contributed by atoms with van der Waals surface area (Å²) in [6.45, 7) is 2.41. The topological polar surface area (TPSA) is 127 Å². The Bertz CT molecular complexity index is 387. The van der Waals surface area contributed by atoms with Crippen molar-refractivity contribution >= 4 is 30.4 Å². The molecule has 2 amide bonds.